The minimum absolute atomic E-state index is 0.384. The van der Waals surface area contributed by atoms with Crippen LogP contribution in [0.4, 0.5) is 4.39 Å². The van der Waals surface area contributed by atoms with E-state index in [2.05, 4.69) is 0 Å². The number of aromatic carboxylic acids is 1. The summed E-state index contributed by atoms with van der Waals surface area (Å²) in [5.74, 6) is -2.59. The molecule has 0 aliphatic carbocycles. The number of nitrogens with zero attached hydrogens (tertiary/aromatic N) is 1. The van der Waals surface area contributed by atoms with E-state index in [0.29, 0.717) is 6.07 Å². The molecule has 0 aliphatic rings. The Morgan fingerprint density at radius 3 is 2.59 bits per heavy atom. The molecule has 1 aromatic carbocycles. The predicted molar refractivity (Wildman–Crippen MR) is 55.6 cm³/mol. The molecule has 1 unspecified atom stereocenters. The van der Waals surface area contributed by atoms with E-state index in [1.165, 1.54) is 13.0 Å². The molecule has 0 aliphatic heterocycles. The Labute approximate surface area is 97.0 Å². The van der Waals surface area contributed by atoms with Gasteiger partial charge in [-0.25, -0.2) is 17.6 Å². The van der Waals surface area contributed by atoms with Gasteiger partial charge >= 0.3 is 5.97 Å². The summed E-state index contributed by atoms with van der Waals surface area (Å²) in [7, 11) is -3.95. The second kappa shape index (κ2) is 4.51. The van der Waals surface area contributed by atoms with Crippen LogP contribution in [-0.2, 0) is 9.84 Å². The van der Waals surface area contributed by atoms with Crippen LogP contribution >= 0.6 is 0 Å². The number of carboxylic acids is 1. The van der Waals surface area contributed by atoms with Crippen molar-refractivity contribution < 1.29 is 22.7 Å². The third-order valence-corrected chi connectivity index (χ3v) is 4.09. The Morgan fingerprint density at radius 1 is 1.53 bits per heavy atom. The summed E-state index contributed by atoms with van der Waals surface area (Å²) in [6.45, 7) is 1.17. The molecule has 0 fully saturated rings. The fraction of sp³-hybridized carbons (Fsp3) is 0.200. The number of nitriles is 1. The van der Waals surface area contributed by atoms with Crippen LogP contribution in [0.2, 0.25) is 0 Å². The Bertz CT molecular complexity index is 603. The Kier molecular flexibility index (Phi) is 3.48. The van der Waals surface area contributed by atoms with Gasteiger partial charge in [-0.15, -0.1) is 0 Å². The van der Waals surface area contributed by atoms with Crippen LogP contribution in [0.15, 0.2) is 23.1 Å². The second-order valence-corrected chi connectivity index (χ2v) is 5.53. The fourth-order valence-electron chi connectivity index (χ4n) is 1.12. The van der Waals surface area contributed by atoms with E-state index in [0.717, 1.165) is 12.1 Å². The predicted octanol–water partition coefficient (Wildman–Crippen LogP) is 1.21. The average Bonchev–Trinajstić information content (AvgIpc) is 2.27. The quantitative estimate of drug-likeness (QED) is 0.821. The highest BCUT2D eigenvalue weighted by atomic mass is 32.2. The summed E-state index contributed by atoms with van der Waals surface area (Å²) in [4.78, 5) is 10.3. The normalized spacial score (nSPS) is 12.8. The lowest BCUT2D eigenvalue weighted by Gasteiger charge is -2.07. The number of hydrogen-bond acceptors (Lipinski definition) is 4. The van der Waals surface area contributed by atoms with E-state index in [1.54, 1.807) is 0 Å². The first-order valence-electron chi connectivity index (χ1n) is 4.47. The van der Waals surface area contributed by atoms with Crippen LogP contribution in [0.1, 0.15) is 17.3 Å². The standard InChI is InChI=1S/C10H8FNO4S/c1-6(5-12)17(15,16)7-2-3-9(11)8(4-7)10(13)14/h2-4,6H,1H3,(H,13,14). The van der Waals surface area contributed by atoms with Gasteiger partial charge < -0.3 is 5.11 Å². The van der Waals surface area contributed by atoms with Gasteiger partial charge in [0.15, 0.2) is 9.84 Å². The van der Waals surface area contributed by atoms with Gasteiger partial charge in [0, 0.05) is 0 Å². The highest BCUT2D eigenvalue weighted by Crippen LogP contribution is 2.19. The molecule has 0 radical (unpaired) electrons. The van der Waals surface area contributed by atoms with Gasteiger partial charge in [-0.3, -0.25) is 0 Å². The first-order chi connectivity index (χ1) is 7.80. The van der Waals surface area contributed by atoms with Crippen LogP contribution in [-0.4, -0.2) is 24.7 Å². The number of benzene rings is 1. The van der Waals surface area contributed by atoms with E-state index in [1.807, 2.05) is 0 Å². The van der Waals surface area contributed by atoms with E-state index in [9.17, 15) is 17.6 Å². The lowest BCUT2D eigenvalue weighted by atomic mass is 10.2. The summed E-state index contributed by atoms with van der Waals surface area (Å²) >= 11 is 0. The van der Waals surface area contributed by atoms with Crippen molar-refractivity contribution in [1.82, 2.24) is 0 Å². The van der Waals surface area contributed by atoms with Crippen LogP contribution in [0.5, 0.6) is 0 Å². The van der Waals surface area contributed by atoms with Gasteiger partial charge in [-0.2, -0.15) is 5.26 Å². The molecular formula is C10H8FNO4S. The molecule has 0 spiro atoms. The number of halogens is 1. The molecule has 0 saturated carbocycles. The smallest absolute Gasteiger partial charge is 0.338 e. The first-order valence-corrected chi connectivity index (χ1v) is 6.01. The van der Waals surface area contributed by atoms with Crippen LogP contribution in [0.3, 0.4) is 0 Å². The summed E-state index contributed by atoms with van der Waals surface area (Å²) in [6.07, 6.45) is 0. The van der Waals surface area contributed by atoms with Crippen molar-refractivity contribution in [3.05, 3.63) is 29.6 Å². The summed E-state index contributed by atoms with van der Waals surface area (Å²) < 4.78 is 36.5. The van der Waals surface area contributed by atoms with Crippen molar-refractivity contribution in [2.24, 2.45) is 0 Å². The van der Waals surface area contributed by atoms with Crippen molar-refractivity contribution >= 4 is 15.8 Å². The van der Waals surface area contributed by atoms with Crippen molar-refractivity contribution in [1.29, 1.82) is 5.26 Å². The molecule has 1 rings (SSSR count). The fourth-order valence-corrected chi connectivity index (χ4v) is 2.21. The Balaban J connectivity index is 3.41. The summed E-state index contributed by atoms with van der Waals surface area (Å²) in [5, 5.41) is 15.9. The van der Waals surface area contributed by atoms with E-state index < -0.39 is 32.4 Å². The van der Waals surface area contributed by atoms with Crippen LogP contribution in [0, 0.1) is 17.1 Å². The minimum Gasteiger partial charge on any atom is -0.478 e. The molecule has 1 aromatic rings. The number of rotatable bonds is 3. The molecule has 90 valence electrons. The molecule has 0 aromatic heterocycles. The highest BCUT2D eigenvalue weighted by molar-refractivity contribution is 7.92. The van der Waals surface area contributed by atoms with Gasteiger partial charge in [-0.05, 0) is 25.1 Å². The van der Waals surface area contributed by atoms with Gasteiger partial charge in [0.2, 0.25) is 0 Å². The molecule has 0 heterocycles. The third kappa shape index (κ3) is 2.42. The van der Waals surface area contributed by atoms with Gasteiger partial charge in [0.25, 0.3) is 0 Å². The largest absolute Gasteiger partial charge is 0.478 e. The van der Waals surface area contributed by atoms with E-state index >= 15 is 0 Å². The van der Waals surface area contributed by atoms with E-state index in [4.69, 9.17) is 10.4 Å². The highest BCUT2D eigenvalue weighted by Gasteiger charge is 2.25. The number of carbonyl (C=O) groups is 1. The molecule has 5 nitrogen and oxygen atoms in total. The zero-order chi connectivity index (χ0) is 13.2. The van der Waals surface area contributed by atoms with E-state index in [-0.39, 0.29) is 4.90 Å². The molecule has 17 heavy (non-hydrogen) atoms. The lowest BCUT2D eigenvalue weighted by Crippen LogP contribution is -2.16. The Morgan fingerprint density at radius 2 is 2.12 bits per heavy atom. The second-order valence-electron chi connectivity index (χ2n) is 3.26. The number of carboxylic acid groups (broad SMARTS) is 1. The maximum atomic E-state index is 13.1. The monoisotopic (exact) mass is 257 g/mol. The number of hydrogen-bond donors (Lipinski definition) is 1. The van der Waals surface area contributed by atoms with Crippen LogP contribution < -0.4 is 0 Å². The molecule has 7 heteroatoms. The van der Waals surface area contributed by atoms with Crippen molar-refractivity contribution in [2.75, 3.05) is 0 Å². The average molecular weight is 257 g/mol. The van der Waals surface area contributed by atoms with Gasteiger partial charge in [0.05, 0.1) is 16.5 Å². The maximum absolute atomic E-state index is 13.1. The van der Waals surface area contributed by atoms with Gasteiger partial charge in [0.1, 0.15) is 11.1 Å². The topological polar surface area (TPSA) is 95.2 Å². The molecular weight excluding hydrogens is 249 g/mol. The van der Waals surface area contributed by atoms with Crippen LogP contribution in [0.25, 0.3) is 0 Å². The Hall–Kier alpha value is -1.94. The third-order valence-electron chi connectivity index (χ3n) is 2.14. The molecule has 0 amide bonds. The molecule has 0 saturated heterocycles. The van der Waals surface area contributed by atoms with Crippen molar-refractivity contribution in [2.45, 2.75) is 17.1 Å². The minimum atomic E-state index is -3.95. The summed E-state index contributed by atoms with van der Waals surface area (Å²) in [5.41, 5.74) is -0.740. The lowest BCUT2D eigenvalue weighted by molar-refractivity contribution is 0.0691. The molecule has 1 N–H and O–H groups in total. The van der Waals surface area contributed by atoms with Crippen molar-refractivity contribution in [3.63, 3.8) is 0 Å². The number of sulfone groups is 1. The SMILES string of the molecule is CC(C#N)S(=O)(=O)c1ccc(F)c(C(=O)O)c1. The maximum Gasteiger partial charge on any atom is 0.338 e. The molecule has 0 bridgehead atoms. The first kappa shape index (κ1) is 13.1. The zero-order valence-corrected chi connectivity index (χ0v) is 9.53. The molecule has 1 atom stereocenters. The summed E-state index contributed by atoms with van der Waals surface area (Å²) in [6, 6.07) is 3.93. The van der Waals surface area contributed by atoms with Gasteiger partial charge in [-0.1, -0.05) is 0 Å². The zero-order valence-electron chi connectivity index (χ0n) is 8.71. The van der Waals surface area contributed by atoms with Crippen molar-refractivity contribution in [3.8, 4) is 6.07 Å².